The van der Waals surface area contributed by atoms with Gasteiger partial charge in [-0.2, -0.15) is 0 Å². The van der Waals surface area contributed by atoms with E-state index in [0.29, 0.717) is 15.6 Å². The lowest BCUT2D eigenvalue weighted by Gasteiger charge is -2.11. The molecule has 0 aliphatic carbocycles. The Morgan fingerprint density at radius 1 is 1.13 bits per heavy atom. The molecule has 0 aromatic heterocycles. The first kappa shape index (κ1) is 15.8. The average molecular weight is 341 g/mol. The van der Waals surface area contributed by atoms with Crippen molar-refractivity contribution in [1.82, 2.24) is 5.32 Å². The molecule has 1 heterocycles. The highest BCUT2D eigenvalue weighted by molar-refractivity contribution is 8.26. The fourth-order valence-corrected chi connectivity index (χ4v) is 3.54. The number of ether oxygens (including phenoxy) is 1. The zero-order valence-corrected chi connectivity index (χ0v) is 14.2. The van der Waals surface area contributed by atoms with E-state index in [1.54, 1.807) is 7.11 Å². The van der Waals surface area contributed by atoms with Crippen LogP contribution >= 0.6 is 24.0 Å². The van der Waals surface area contributed by atoms with E-state index < -0.39 is 0 Å². The van der Waals surface area contributed by atoms with E-state index in [4.69, 9.17) is 17.0 Å². The molecule has 5 heteroatoms. The van der Waals surface area contributed by atoms with E-state index >= 15 is 0 Å². The van der Waals surface area contributed by atoms with Crippen molar-refractivity contribution in [3.8, 4) is 5.75 Å². The third-order valence-corrected chi connectivity index (χ3v) is 4.83. The van der Waals surface area contributed by atoms with Crippen molar-refractivity contribution in [2.45, 2.75) is 6.42 Å². The van der Waals surface area contributed by atoms with Gasteiger partial charge < -0.3 is 10.1 Å². The monoisotopic (exact) mass is 341 g/mol. The zero-order valence-electron chi connectivity index (χ0n) is 12.5. The lowest BCUT2D eigenvalue weighted by molar-refractivity contribution is -0.115. The summed E-state index contributed by atoms with van der Waals surface area (Å²) in [6, 6.07) is 17.8. The highest BCUT2D eigenvalue weighted by Gasteiger charge is 2.26. The number of thiocarbonyl (C=S) groups is 1. The Labute approximate surface area is 144 Å². The predicted octanol–water partition coefficient (Wildman–Crippen LogP) is 3.80. The number of thioether (sulfide) groups is 1. The summed E-state index contributed by atoms with van der Waals surface area (Å²) < 4.78 is 5.70. The van der Waals surface area contributed by atoms with Gasteiger partial charge in [-0.1, -0.05) is 66.4 Å². The maximum absolute atomic E-state index is 12.2. The topological polar surface area (TPSA) is 38.3 Å². The fraction of sp³-hybridized carbons (Fsp3) is 0.111. The van der Waals surface area contributed by atoms with E-state index in [0.717, 1.165) is 22.4 Å². The number of amides is 1. The van der Waals surface area contributed by atoms with E-state index in [1.165, 1.54) is 11.8 Å². The number of hydrogen-bond donors (Lipinski definition) is 1. The Balaban J connectivity index is 2.00. The van der Waals surface area contributed by atoms with Crippen LogP contribution in [0.1, 0.15) is 11.1 Å². The molecule has 1 N–H and O–H groups in total. The Morgan fingerprint density at radius 3 is 2.39 bits per heavy atom. The standard InChI is InChI=1S/C18H15NO2S2/c1-21-14-9-7-12(8-10-14)11-15(13-5-3-2-4-6-13)16-17(20)19-18(22)23-16/h2-10H,11H2,1H3,(H,19,20,22). The normalized spacial score (nSPS) is 16.2. The summed E-state index contributed by atoms with van der Waals surface area (Å²) in [4.78, 5) is 12.9. The Hall–Kier alpha value is -2.11. The van der Waals surface area contributed by atoms with E-state index in [2.05, 4.69) is 5.32 Å². The first-order valence-corrected chi connectivity index (χ1v) is 8.34. The van der Waals surface area contributed by atoms with E-state index in [1.807, 2.05) is 54.6 Å². The molecule has 23 heavy (non-hydrogen) atoms. The minimum Gasteiger partial charge on any atom is -0.497 e. The molecule has 116 valence electrons. The molecule has 0 bridgehead atoms. The van der Waals surface area contributed by atoms with Crippen LogP contribution in [0.3, 0.4) is 0 Å². The summed E-state index contributed by atoms with van der Waals surface area (Å²) in [6.07, 6.45) is 0.659. The largest absolute Gasteiger partial charge is 0.497 e. The number of benzene rings is 2. The molecular weight excluding hydrogens is 326 g/mol. The highest BCUT2D eigenvalue weighted by atomic mass is 32.2. The maximum atomic E-state index is 12.2. The number of hydrogen-bond acceptors (Lipinski definition) is 4. The summed E-state index contributed by atoms with van der Waals surface area (Å²) in [7, 11) is 1.65. The number of rotatable bonds is 4. The zero-order chi connectivity index (χ0) is 16.2. The summed E-state index contributed by atoms with van der Waals surface area (Å²) in [6.45, 7) is 0. The van der Waals surface area contributed by atoms with Crippen LogP contribution in [0.25, 0.3) is 5.57 Å². The van der Waals surface area contributed by atoms with Crippen LogP contribution in [0.5, 0.6) is 5.75 Å². The number of carbonyl (C=O) groups is 1. The predicted molar refractivity (Wildman–Crippen MR) is 98.4 cm³/mol. The molecule has 0 spiro atoms. The average Bonchev–Trinajstić information content (AvgIpc) is 2.92. The van der Waals surface area contributed by atoms with Crippen LogP contribution in [0, 0.1) is 0 Å². The molecule has 1 amide bonds. The Kier molecular flexibility index (Phi) is 4.79. The Morgan fingerprint density at radius 2 is 1.83 bits per heavy atom. The summed E-state index contributed by atoms with van der Waals surface area (Å²) in [5.74, 6) is 0.698. The van der Waals surface area contributed by atoms with Crippen molar-refractivity contribution >= 4 is 39.8 Å². The molecule has 0 unspecified atom stereocenters. The van der Waals surface area contributed by atoms with Gasteiger partial charge in [-0.05, 0) is 35.3 Å². The van der Waals surface area contributed by atoms with Gasteiger partial charge in [0.25, 0.3) is 5.91 Å². The SMILES string of the molecule is COc1ccc(CC(=C2SC(=S)NC2=O)c2ccccc2)cc1. The van der Waals surface area contributed by atoms with Crippen molar-refractivity contribution in [2.75, 3.05) is 7.11 Å². The molecule has 2 aromatic rings. The molecule has 0 atom stereocenters. The minimum absolute atomic E-state index is 0.118. The molecule has 1 aliphatic heterocycles. The van der Waals surface area contributed by atoms with Gasteiger partial charge >= 0.3 is 0 Å². The second kappa shape index (κ2) is 6.98. The quantitative estimate of drug-likeness (QED) is 0.678. The first-order valence-electron chi connectivity index (χ1n) is 7.12. The van der Waals surface area contributed by atoms with Crippen molar-refractivity contribution < 1.29 is 9.53 Å². The summed E-state index contributed by atoms with van der Waals surface area (Å²) >= 11 is 6.45. The van der Waals surface area contributed by atoms with Crippen LogP contribution in [0.2, 0.25) is 0 Å². The maximum Gasteiger partial charge on any atom is 0.263 e. The van der Waals surface area contributed by atoms with Gasteiger partial charge in [0, 0.05) is 0 Å². The number of carbonyl (C=O) groups excluding carboxylic acids is 1. The highest BCUT2D eigenvalue weighted by Crippen LogP contribution is 2.34. The van der Waals surface area contributed by atoms with Gasteiger partial charge in [0.2, 0.25) is 0 Å². The van der Waals surface area contributed by atoms with Gasteiger partial charge in [0.1, 0.15) is 10.1 Å². The Bertz CT molecular complexity index is 767. The minimum atomic E-state index is -0.118. The first-order chi connectivity index (χ1) is 11.2. The summed E-state index contributed by atoms with van der Waals surface area (Å²) in [5.41, 5.74) is 3.13. The fourth-order valence-electron chi connectivity index (χ4n) is 2.41. The van der Waals surface area contributed by atoms with E-state index in [9.17, 15) is 4.79 Å². The third-order valence-electron chi connectivity index (χ3n) is 3.55. The molecule has 3 nitrogen and oxygen atoms in total. The van der Waals surface area contributed by atoms with Crippen molar-refractivity contribution in [3.05, 3.63) is 70.6 Å². The molecule has 1 fully saturated rings. The number of nitrogens with one attached hydrogen (secondary N) is 1. The molecular formula is C18H15NO2S2. The van der Waals surface area contributed by atoms with Gasteiger partial charge in [-0.3, -0.25) is 4.79 Å². The van der Waals surface area contributed by atoms with Gasteiger partial charge in [-0.15, -0.1) is 0 Å². The molecule has 1 saturated heterocycles. The van der Waals surface area contributed by atoms with Gasteiger partial charge in [0.05, 0.1) is 12.0 Å². The van der Waals surface area contributed by atoms with Gasteiger partial charge in [0.15, 0.2) is 0 Å². The molecule has 2 aromatic carbocycles. The lowest BCUT2D eigenvalue weighted by atomic mass is 9.97. The number of methoxy groups -OCH3 is 1. The second-order valence-electron chi connectivity index (χ2n) is 5.04. The van der Waals surface area contributed by atoms with Crippen LogP contribution in [0.15, 0.2) is 59.5 Å². The summed E-state index contributed by atoms with van der Waals surface area (Å²) in [5, 5.41) is 2.70. The van der Waals surface area contributed by atoms with Crippen LogP contribution in [-0.2, 0) is 11.2 Å². The third kappa shape index (κ3) is 3.63. The van der Waals surface area contributed by atoms with Crippen LogP contribution in [-0.4, -0.2) is 17.3 Å². The van der Waals surface area contributed by atoms with Crippen molar-refractivity contribution in [3.63, 3.8) is 0 Å². The second-order valence-corrected chi connectivity index (χ2v) is 6.73. The molecule has 0 saturated carbocycles. The van der Waals surface area contributed by atoms with Crippen molar-refractivity contribution in [1.29, 1.82) is 0 Å². The number of allylic oxidation sites excluding steroid dienone is 1. The molecule has 3 rings (SSSR count). The molecule has 0 radical (unpaired) electrons. The van der Waals surface area contributed by atoms with Crippen LogP contribution in [0.4, 0.5) is 0 Å². The smallest absolute Gasteiger partial charge is 0.263 e. The molecule has 1 aliphatic rings. The van der Waals surface area contributed by atoms with Gasteiger partial charge in [-0.25, -0.2) is 0 Å². The van der Waals surface area contributed by atoms with Crippen LogP contribution < -0.4 is 10.1 Å². The van der Waals surface area contributed by atoms with E-state index in [-0.39, 0.29) is 5.91 Å². The lowest BCUT2D eigenvalue weighted by Crippen LogP contribution is -2.18. The van der Waals surface area contributed by atoms with Crippen molar-refractivity contribution in [2.24, 2.45) is 0 Å².